The van der Waals surface area contributed by atoms with Gasteiger partial charge < -0.3 is 28.4 Å². The number of carbonyl (C=O) groups is 3. The number of benzene rings is 2. The zero-order chi connectivity index (χ0) is 36.1. The summed E-state index contributed by atoms with van der Waals surface area (Å²) in [6, 6.07) is 12.4. The number of methoxy groups -OCH3 is 2. The van der Waals surface area contributed by atoms with Crippen molar-refractivity contribution in [2.24, 2.45) is 7.05 Å². The molecular formula is C38H47N5O8. The van der Waals surface area contributed by atoms with Crippen molar-refractivity contribution in [1.29, 1.82) is 0 Å². The zero-order valence-electron chi connectivity index (χ0n) is 29.8. The van der Waals surface area contributed by atoms with Crippen LogP contribution in [-0.4, -0.2) is 98.0 Å². The first-order valence-electron chi connectivity index (χ1n) is 17.5. The normalized spacial score (nSPS) is 17.7. The lowest BCUT2D eigenvalue weighted by molar-refractivity contribution is -0.137. The van der Waals surface area contributed by atoms with E-state index in [4.69, 9.17) is 18.9 Å². The number of hydrogen-bond donors (Lipinski definition) is 1. The maximum Gasteiger partial charge on any atom is 0.328 e. The molecule has 3 aliphatic heterocycles. The van der Waals surface area contributed by atoms with Crippen LogP contribution in [0.3, 0.4) is 0 Å². The van der Waals surface area contributed by atoms with Crippen LogP contribution in [0.15, 0.2) is 53.5 Å². The average Bonchev–Trinajstić information content (AvgIpc) is 3.14. The fourth-order valence-electron chi connectivity index (χ4n) is 7.06. The number of nitrogens with one attached hydrogen (secondary N) is 1. The van der Waals surface area contributed by atoms with Gasteiger partial charge in [0.1, 0.15) is 17.2 Å². The molecule has 4 heterocycles. The Morgan fingerprint density at radius 1 is 0.863 bits per heavy atom. The lowest BCUT2D eigenvalue weighted by Gasteiger charge is -2.37. The minimum atomic E-state index is -0.441. The number of pyridine rings is 1. The number of aromatic nitrogens is 1. The molecule has 272 valence electrons. The zero-order valence-corrected chi connectivity index (χ0v) is 29.8. The predicted molar refractivity (Wildman–Crippen MR) is 191 cm³/mol. The Bertz CT molecular complexity index is 1770. The number of ether oxygens (including phenoxy) is 4. The number of urea groups is 1. The van der Waals surface area contributed by atoms with Crippen LogP contribution < -0.4 is 30.0 Å². The summed E-state index contributed by atoms with van der Waals surface area (Å²) in [6.07, 6.45) is 5.83. The highest BCUT2D eigenvalue weighted by atomic mass is 16.5. The summed E-state index contributed by atoms with van der Waals surface area (Å²) >= 11 is 0. The van der Waals surface area contributed by atoms with Crippen LogP contribution in [0.2, 0.25) is 0 Å². The monoisotopic (exact) mass is 701 g/mol. The molecule has 1 N–H and O–H groups in total. The van der Waals surface area contributed by atoms with E-state index in [1.807, 2.05) is 36.2 Å². The number of amides is 4. The number of rotatable bonds is 11. The third kappa shape index (κ3) is 8.54. The summed E-state index contributed by atoms with van der Waals surface area (Å²) in [6.45, 7) is 5.86. The summed E-state index contributed by atoms with van der Waals surface area (Å²) in [7, 11) is 5.09. The first-order valence-corrected chi connectivity index (χ1v) is 17.5. The fraction of sp³-hybridized carbons (Fsp3) is 0.474. The van der Waals surface area contributed by atoms with E-state index in [1.165, 1.54) is 4.90 Å². The minimum absolute atomic E-state index is 0.0236. The number of aryl methyl sites for hydroxylation is 2. The molecule has 4 amide bonds. The molecule has 2 aromatic carbocycles. The number of nitrogens with zero attached hydrogens (tertiary/aromatic N) is 4. The lowest BCUT2D eigenvalue weighted by Crippen LogP contribution is -2.49. The van der Waals surface area contributed by atoms with Crippen molar-refractivity contribution in [2.45, 2.75) is 57.8 Å². The van der Waals surface area contributed by atoms with Gasteiger partial charge in [-0.15, -0.1) is 0 Å². The SMILES string of the molecule is COc1cc(-c2cc(C)c(=O)n(C)c2)c(OC)cc1CN1CCC(OC2CCN(C(=O)COc3ccc(N4CCC(=O)NC4=O)cc3)CC2)CC1. The van der Waals surface area contributed by atoms with Crippen molar-refractivity contribution in [3.8, 4) is 28.4 Å². The van der Waals surface area contributed by atoms with Gasteiger partial charge in [0.05, 0.1) is 26.4 Å². The van der Waals surface area contributed by atoms with E-state index in [0.29, 0.717) is 36.6 Å². The van der Waals surface area contributed by atoms with E-state index in [2.05, 4.69) is 10.2 Å². The lowest BCUT2D eigenvalue weighted by atomic mass is 10.0. The molecular weight excluding hydrogens is 654 g/mol. The predicted octanol–water partition coefficient (Wildman–Crippen LogP) is 3.88. The first-order chi connectivity index (χ1) is 24.6. The highest BCUT2D eigenvalue weighted by Gasteiger charge is 2.29. The van der Waals surface area contributed by atoms with Crippen LogP contribution in [0.5, 0.6) is 17.2 Å². The maximum absolute atomic E-state index is 12.9. The van der Waals surface area contributed by atoms with Crippen molar-refractivity contribution in [3.63, 3.8) is 0 Å². The van der Waals surface area contributed by atoms with Crippen molar-refractivity contribution >= 4 is 23.5 Å². The van der Waals surface area contributed by atoms with Crippen LogP contribution in [0, 0.1) is 6.92 Å². The molecule has 3 saturated heterocycles. The summed E-state index contributed by atoms with van der Waals surface area (Å²) in [5.74, 6) is 1.71. The summed E-state index contributed by atoms with van der Waals surface area (Å²) in [5.41, 5.74) is 4.12. The second kappa shape index (κ2) is 16.0. The topological polar surface area (TPSA) is 132 Å². The van der Waals surface area contributed by atoms with E-state index in [-0.39, 0.29) is 42.6 Å². The molecule has 0 saturated carbocycles. The van der Waals surface area contributed by atoms with E-state index < -0.39 is 6.03 Å². The van der Waals surface area contributed by atoms with E-state index in [1.54, 1.807) is 50.1 Å². The van der Waals surface area contributed by atoms with Crippen molar-refractivity contribution in [1.82, 2.24) is 19.7 Å². The Hall–Kier alpha value is -4.88. The van der Waals surface area contributed by atoms with Crippen molar-refractivity contribution in [3.05, 3.63) is 70.1 Å². The molecule has 13 nitrogen and oxygen atoms in total. The molecule has 3 fully saturated rings. The molecule has 0 atom stereocenters. The molecule has 0 spiro atoms. The Kier molecular flexibility index (Phi) is 11.3. The Balaban J connectivity index is 0.936. The van der Waals surface area contributed by atoms with Gasteiger partial charge in [-0.2, -0.15) is 0 Å². The van der Waals surface area contributed by atoms with Gasteiger partial charge in [0.25, 0.3) is 11.5 Å². The van der Waals surface area contributed by atoms with Crippen LogP contribution in [0.4, 0.5) is 10.5 Å². The van der Waals surface area contributed by atoms with Gasteiger partial charge in [-0.3, -0.25) is 29.5 Å². The van der Waals surface area contributed by atoms with Crippen molar-refractivity contribution < 1.29 is 33.3 Å². The van der Waals surface area contributed by atoms with Crippen LogP contribution in [0.25, 0.3) is 11.1 Å². The molecule has 51 heavy (non-hydrogen) atoms. The van der Waals surface area contributed by atoms with Gasteiger partial charge in [0.15, 0.2) is 6.61 Å². The molecule has 0 unspecified atom stereocenters. The van der Waals surface area contributed by atoms with Gasteiger partial charge in [0.2, 0.25) is 5.91 Å². The van der Waals surface area contributed by atoms with Crippen LogP contribution in [-0.2, 0) is 27.9 Å². The average molecular weight is 702 g/mol. The molecule has 3 aromatic rings. The largest absolute Gasteiger partial charge is 0.496 e. The highest BCUT2D eigenvalue weighted by Crippen LogP contribution is 2.37. The standard InChI is InChI=1S/C38H47N5O8/c1-25-19-26(22-40(2)37(25)46)32-21-33(48-3)27(20-34(32)49-4)23-41-14-9-30(10-15-41)51-31-11-16-42(17-12-31)36(45)24-50-29-7-5-28(6-8-29)43-18-13-35(44)39-38(43)47/h5-8,19-22,30-31H,9-18,23-24H2,1-4H3,(H,39,44,47). The third-order valence-electron chi connectivity index (χ3n) is 9.95. The molecule has 0 aliphatic carbocycles. The number of hydrogen-bond acceptors (Lipinski definition) is 9. The van der Waals surface area contributed by atoms with Crippen LogP contribution in [0.1, 0.15) is 43.2 Å². The van der Waals surface area contributed by atoms with Crippen molar-refractivity contribution in [2.75, 3.05) is 58.5 Å². The Morgan fingerprint density at radius 3 is 2.16 bits per heavy atom. The summed E-state index contributed by atoms with van der Waals surface area (Å²) < 4.78 is 25.5. The summed E-state index contributed by atoms with van der Waals surface area (Å²) in [5, 5.41) is 2.31. The first kappa shape index (κ1) is 35.9. The molecule has 0 bridgehead atoms. The quantitative estimate of drug-likeness (QED) is 0.317. The fourth-order valence-corrected chi connectivity index (χ4v) is 7.06. The van der Waals surface area contributed by atoms with E-state index in [9.17, 15) is 19.2 Å². The Morgan fingerprint density at radius 2 is 1.53 bits per heavy atom. The number of piperidine rings is 2. The second-order valence-corrected chi connectivity index (χ2v) is 13.4. The maximum atomic E-state index is 12.9. The summed E-state index contributed by atoms with van der Waals surface area (Å²) in [4.78, 5) is 54.4. The molecule has 13 heteroatoms. The highest BCUT2D eigenvalue weighted by molar-refractivity contribution is 6.05. The van der Waals surface area contributed by atoms with Gasteiger partial charge in [-0.25, -0.2) is 4.79 Å². The molecule has 3 aliphatic rings. The van der Waals surface area contributed by atoms with E-state index in [0.717, 1.165) is 73.5 Å². The number of imide groups is 1. The van der Waals surface area contributed by atoms with Gasteiger partial charge in [0, 0.05) is 86.9 Å². The minimum Gasteiger partial charge on any atom is -0.496 e. The third-order valence-corrected chi connectivity index (χ3v) is 9.95. The molecule has 0 radical (unpaired) electrons. The Labute approximate surface area is 298 Å². The van der Waals surface area contributed by atoms with Gasteiger partial charge in [-0.1, -0.05) is 0 Å². The van der Waals surface area contributed by atoms with Crippen LogP contribution >= 0.6 is 0 Å². The number of carbonyl (C=O) groups excluding carboxylic acids is 3. The second-order valence-electron chi connectivity index (χ2n) is 13.4. The van der Waals surface area contributed by atoms with E-state index >= 15 is 0 Å². The molecule has 6 rings (SSSR count). The number of anilines is 1. The number of likely N-dealkylation sites (tertiary alicyclic amines) is 2. The molecule has 1 aromatic heterocycles. The smallest absolute Gasteiger partial charge is 0.328 e. The van der Waals surface area contributed by atoms with Gasteiger partial charge >= 0.3 is 6.03 Å². The van der Waals surface area contributed by atoms with Gasteiger partial charge in [-0.05, 0) is 75.1 Å².